The van der Waals surface area contributed by atoms with Crippen molar-refractivity contribution in [3.05, 3.63) is 0 Å². The number of carboxylic acids is 1. The summed E-state index contributed by atoms with van der Waals surface area (Å²) in [5.41, 5.74) is 2.27. The highest BCUT2D eigenvalue weighted by Crippen LogP contribution is 2.25. The maximum Gasteiger partial charge on any atom is 0.323 e. The molecule has 0 heterocycles. The van der Waals surface area contributed by atoms with Gasteiger partial charge in [-0.2, -0.15) is 11.8 Å². The normalized spacial score (nSPS) is 14.5. The Bertz CT molecular complexity index is 150. The van der Waals surface area contributed by atoms with Crippen LogP contribution in [0.3, 0.4) is 0 Å². The lowest BCUT2D eigenvalue weighted by Gasteiger charge is -2.28. The van der Waals surface area contributed by atoms with Gasteiger partial charge in [0.25, 0.3) is 0 Å². The van der Waals surface area contributed by atoms with E-state index in [2.05, 4.69) is 5.43 Å². The number of thioether (sulfide) groups is 1. The molecule has 5 heteroatoms. The average Bonchev–Trinajstić information content (AvgIpc) is 1.88. The van der Waals surface area contributed by atoms with Crippen molar-refractivity contribution < 1.29 is 9.90 Å². The van der Waals surface area contributed by atoms with Crippen LogP contribution in [-0.4, -0.2) is 28.1 Å². The van der Waals surface area contributed by atoms with Crippen LogP contribution in [-0.2, 0) is 4.79 Å². The van der Waals surface area contributed by atoms with E-state index in [-0.39, 0.29) is 4.75 Å². The molecule has 0 saturated carbocycles. The molecule has 0 saturated heterocycles. The lowest BCUT2D eigenvalue weighted by molar-refractivity contribution is -0.140. The van der Waals surface area contributed by atoms with Gasteiger partial charge in [0.2, 0.25) is 0 Å². The second-order valence-electron chi connectivity index (χ2n) is 2.75. The molecule has 0 unspecified atom stereocenters. The number of nitrogens with two attached hydrogens (primary N) is 1. The predicted octanol–water partition coefficient (Wildman–Crippen LogP) is 0.0445. The van der Waals surface area contributed by atoms with E-state index >= 15 is 0 Å². The molecule has 4 N–H and O–H groups in total. The van der Waals surface area contributed by atoms with Crippen LogP contribution in [0.4, 0.5) is 0 Å². The standard InChI is InChI=1S/C6H14N2O2S/c1-6(2,11-3)4(8-7)5(9)10/h4,8H,7H2,1-3H3,(H,9,10)/t4-/m1/s1. The van der Waals surface area contributed by atoms with Crippen LogP contribution >= 0.6 is 11.8 Å². The van der Waals surface area contributed by atoms with Crippen molar-refractivity contribution in [2.75, 3.05) is 6.26 Å². The topological polar surface area (TPSA) is 75.3 Å². The van der Waals surface area contributed by atoms with Crippen molar-refractivity contribution in [1.29, 1.82) is 0 Å². The molecule has 11 heavy (non-hydrogen) atoms. The summed E-state index contributed by atoms with van der Waals surface area (Å²) in [6.45, 7) is 3.66. The first-order valence-electron chi connectivity index (χ1n) is 3.19. The first kappa shape index (κ1) is 10.7. The summed E-state index contributed by atoms with van der Waals surface area (Å²) < 4.78 is -0.388. The molecule has 0 rings (SSSR count). The average molecular weight is 178 g/mol. The van der Waals surface area contributed by atoms with Gasteiger partial charge in [-0.25, -0.2) is 5.43 Å². The molecule has 0 aliphatic carbocycles. The van der Waals surface area contributed by atoms with E-state index < -0.39 is 12.0 Å². The van der Waals surface area contributed by atoms with Crippen LogP contribution in [0.2, 0.25) is 0 Å². The Balaban J connectivity index is 4.36. The zero-order valence-electron chi connectivity index (χ0n) is 6.92. The van der Waals surface area contributed by atoms with Gasteiger partial charge in [0.05, 0.1) is 0 Å². The number of nitrogens with one attached hydrogen (secondary N) is 1. The summed E-state index contributed by atoms with van der Waals surface area (Å²) >= 11 is 1.46. The molecule has 0 radical (unpaired) electrons. The van der Waals surface area contributed by atoms with Crippen LogP contribution in [0.1, 0.15) is 13.8 Å². The molecule has 4 nitrogen and oxygen atoms in total. The number of rotatable bonds is 4. The number of hydrogen-bond acceptors (Lipinski definition) is 4. The number of hydrogen-bond donors (Lipinski definition) is 3. The molecular weight excluding hydrogens is 164 g/mol. The predicted molar refractivity (Wildman–Crippen MR) is 46.3 cm³/mol. The Labute approximate surface area is 70.5 Å². The molecule has 0 aromatic carbocycles. The molecule has 0 aromatic rings. The minimum atomic E-state index is -0.924. The molecule has 0 amide bonds. The van der Waals surface area contributed by atoms with Gasteiger partial charge in [-0.3, -0.25) is 10.6 Å². The van der Waals surface area contributed by atoms with Crippen LogP contribution in [0, 0.1) is 0 Å². The Morgan fingerprint density at radius 3 is 2.27 bits per heavy atom. The van der Waals surface area contributed by atoms with Gasteiger partial charge in [-0.15, -0.1) is 0 Å². The highest BCUT2D eigenvalue weighted by Gasteiger charge is 2.33. The van der Waals surface area contributed by atoms with Crippen LogP contribution in [0.25, 0.3) is 0 Å². The highest BCUT2D eigenvalue weighted by molar-refractivity contribution is 8.00. The molecule has 1 atom stereocenters. The minimum Gasteiger partial charge on any atom is -0.480 e. The Morgan fingerprint density at radius 2 is 2.18 bits per heavy atom. The molecule has 0 aliphatic heterocycles. The van der Waals surface area contributed by atoms with Crippen molar-refractivity contribution in [2.24, 2.45) is 5.84 Å². The number of aliphatic carboxylic acids is 1. The number of carbonyl (C=O) groups is 1. The zero-order chi connectivity index (χ0) is 9.07. The van der Waals surface area contributed by atoms with E-state index in [1.165, 1.54) is 11.8 Å². The summed E-state index contributed by atoms with van der Waals surface area (Å²) in [4.78, 5) is 10.6. The lowest BCUT2D eigenvalue weighted by Crippen LogP contribution is -2.53. The molecule has 0 spiro atoms. The van der Waals surface area contributed by atoms with Gasteiger partial charge < -0.3 is 5.11 Å². The third-order valence-corrected chi connectivity index (χ3v) is 2.92. The SMILES string of the molecule is CSC(C)(C)[C@H](NN)C(=O)O. The fraction of sp³-hybridized carbons (Fsp3) is 0.833. The van der Waals surface area contributed by atoms with Gasteiger partial charge in [0, 0.05) is 4.75 Å². The number of carboxylic acid groups (broad SMARTS) is 1. The van der Waals surface area contributed by atoms with Gasteiger partial charge in [-0.05, 0) is 20.1 Å². The van der Waals surface area contributed by atoms with E-state index in [0.29, 0.717) is 0 Å². The van der Waals surface area contributed by atoms with Crippen molar-refractivity contribution in [3.8, 4) is 0 Å². The Hall–Kier alpha value is -0.260. The smallest absolute Gasteiger partial charge is 0.323 e. The fourth-order valence-corrected chi connectivity index (χ4v) is 1.09. The van der Waals surface area contributed by atoms with Gasteiger partial charge >= 0.3 is 5.97 Å². The van der Waals surface area contributed by atoms with E-state index in [4.69, 9.17) is 10.9 Å². The molecule has 0 bridgehead atoms. The maximum absolute atomic E-state index is 10.6. The van der Waals surface area contributed by atoms with Crippen LogP contribution < -0.4 is 11.3 Å². The molecule has 0 aromatic heterocycles. The summed E-state index contributed by atoms with van der Waals surface area (Å²) in [6.07, 6.45) is 1.85. The van der Waals surface area contributed by atoms with E-state index in [1.54, 1.807) is 0 Å². The van der Waals surface area contributed by atoms with Crippen molar-refractivity contribution in [3.63, 3.8) is 0 Å². The fourth-order valence-electron chi connectivity index (χ4n) is 0.687. The third kappa shape index (κ3) is 2.69. The molecule has 0 fully saturated rings. The van der Waals surface area contributed by atoms with Crippen molar-refractivity contribution in [2.45, 2.75) is 24.6 Å². The maximum atomic E-state index is 10.6. The Kier molecular flexibility index (Phi) is 3.85. The van der Waals surface area contributed by atoms with Gasteiger partial charge in [0.1, 0.15) is 6.04 Å². The first-order chi connectivity index (χ1) is 4.95. The zero-order valence-corrected chi connectivity index (χ0v) is 7.73. The lowest BCUT2D eigenvalue weighted by atomic mass is 10.0. The van der Waals surface area contributed by atoms with Gasteiger partial charge in [-0.1, -0.05) is 0 Å². The van der Waals surface area contributed by atoms with E-state index in [0.717, 1.165) is 0 Å². The summed E-state index contributed by atoms with van der Waals surface area (Å²) in [5.74, 6) is 4.17. The summed E-state index contributed by atoms with van der Waals surface area (Å²) in [5, 5.41) is 8.68. The molecular formula is C6H14N2O2S. The first-order valence-corrected chi connectivity index (χ1v) is 4.42. The van der Waals surface area contributed by atoms with Gasteiger partial charge in [0.15, 0.2) is 0 Å². The van der Waals surface area contributed by atoms with Crippen LogP contribution in [0.5, 0.6) is 0 Å². The van der Waals surface area contributed by atoms with Crippen LogP contribution in [0.15, 0.2) is 0 Å². The minimum absolute atomic E-state index is 0.388. The Morgan fingerprint density at radius 1 is 1.73 bits per heavy atom. The monoisotopic (exact) mass is 178 g/mol. The third-order valence-electron chi connectivity index (χ3n) is 1.63. The van der Waals surface area contributed by atoms with E-state index in [1.807, 2.05) is 20.1 Å². The highest BCUT2D eigenvalue weighted by atomic mass is 32.2. The second-order valence-corrected chi connectivity index (χ2v) is 4.21. The summed E-state index contributed by atoms with van der Waals surface area (Å²) in [6, 6.07) is -0.711. The van der Waals surface area contributed by atoms with Crippen molar-refractivity contribution >= 4 is 17.7 Å². The quantitative estimate of drug-likeness (QED) is 0.419. The second kappa shape index (κ2) is 3.94. The number of hydrazine groups is 1. The molecule has 0 aliphatic rings. The van der Waals surface area contributed by atoms with E-state index in [9.17, 15) is 4.79 Å². The van der Waals surface area contributed by atoms with Crippen molar-refractivity contribution in [1.82, 2.24) is 5.43 Å². The summed E-state index contributed by atoms with van der Waals surface area (Å²) in [7, 11) is 0. The largest absolute Gasteiger partial charge is 0.480 e. The molecule has 66 valence electrons.